The number of nitrogens with one attached hydrogen (secondary N) is 2. The van der Waals surface area contributed by atoms with Gasteiger partial charge in [-0.25, -0.2) is 13.2 Å². The Kier molecular flexibility index (Phi) is 7.66. The summed E-state index contributed by atoms with van der Waals surface area (Å²) >= 11 is 0. The molecule has 0 aliphatic heterocycles. The largest absolute Gasteiger partial charge is 0.338 e. The van der Waals surface area contributed by atoms with Gasteiger partial charge in [-0.3, -0.25) is 0 Å². The summed E-state index contributed by atoms with van der Waals surface area (Å²) in [7, 11) is -3.29. The number of aryl methyl sites for hydroxylation is 1. The van der Waals surface area contributed by atoms with E-state index in [1.807, 2.05) is 25.1 Å². The monoisotopic (exact) mass is 374 g/mol. The molecule has 2 aromatic rings. The molecular formula is C20H26N2O3S. The van der Waals surface area contributed by atoms with Crippen molar-refractivity contribution in [2.45, 2.75) is 37.1 Å². The second-order valence-corrected chi connectivity index (χ2v) is 8.42. The number of amides is 2. The summed E-state index contributed by atoms with van der Waals surface area (Å²) in [6.45, 7) is 2.28. The highest BCUT2D eigenvalue weighted by Gasteiger charge is 2.13. The number of urea groups is 1. The average Bonchev–Trinajstić information content (AvgIpc) is 2.65. The maximum Gasteiger partial charge on any atom is 0.314 e. The second kappa shape index (κ2) is 9.97. The third kappa shape index (κ3) is 6.88. The van der Waals surface area contributed by atoms with Crippen LogP contribution in [0.25, 0.3) is 0 Å². The molecule has 2 amide bonds. The van der Waals surface area contributed by atoms with Gasteiger partial charge >= 0.3 is 6.03 Å². The van der Waals surface area contributed by atoms with Crippen molar-refractivity contribution in [3.63, 3.8) is 0 Å². The third-order valence-corrected chi connectivity index (χ3v) is 5.88. The first-order valence-corrected chi connectivity index (χ1v) is 10.5. The second-order valence-electron chi connectivity index (χ2n) is 6.31. The molecule has 6 heteroatoms. The minimum atomic E-state index is -3.29. The van der Waals surface area contributed by atoms with E-state index in [0.717, 1.165) is 12.8 Å². The number of rotatable bonds is 9. The Morgan fingerprint density at radius 1 is 1.00 bits per heavy atom. The fourth-order valence-corrected chi connectivity index (χ4v) is 3.92. The Morgan fingerprint density at radius 3 is 2.27 bits per heavy atom. The van der Waals surface area contributed by atoms with Crippen LogP contribution in [0.4, 0.5) is 4.79 Å². The molecule has 0 aromatic heterocycles. The molecule has 0 spiro atoms. The number of carbonyl (C=O) groups is 1. The van der Waals surface area contributed by atoms with Crippen molar-refractivity contribution in [2.75, 3.05) is 12.3 Å². The van der Waals surface area contributed by atoms with Gasteiger partial charge in [-0.05, 0) is 43.9 Å². The summed E-state index contributed by atoms with van der Waals surface area (Å²) in [6, 6.07) is 18.3. The molecule has 1 atom stereocenters. The van der Waals surface area contributed by atoms with Crippen LogP contribution < -0.4 is 10.6 Å². The van der Waals surface area contributed by atoms with E-state index >= 15 is 0 Å². The molecule has 0 saturated carbocycles. The van der Waals surface area contributed by atoms with Crippen molar-refractivity contribution in [2.24, 2.45) is 0 Å². The molecule has 0 aliphatic carbocycles. The maximum atomic E-state index is 12.1. The van der Waals surface area contributed by atoms with E-state index in [9.17, 15) is 13.2 Å². The Bertz CT molecular complexity index is 777. The maximum absolute atomic E-state index is 12.1. The third-order valence-electron chi connectivity index (χ3n) is 4.06. The van der Waals surface area contributed by atoms with Crippen molar-refractivity contribution in [1.29, 1.82) is 0 Å². The van der Waals surface area contributed by atoms with Gasteiger partial charge < -0.3 is 10.6 Å². The molecule has 5 nitrogen and oxygen atoms in total. The molecule has 0 radical (unpaired) electrons. The molecule has 2 rings (SSSR count). The number of sulfone groups is 1. The Labute approximate surface area is 155 Å². The Hall–Kier alpha value is -2.34. The van der Waals surface area contributed by atoms with E-state index in [4.69, 9.17) is 0 Å². The molecule has 0 bridgehead atoms. The van der Waals surface area contributed by atoms with Crippen LogP contribution in [-0.4, -0.2) is 32.8 Å². The fraction of sp³-hybridized carbons (Fsp3) is 0.350. The van der Waals surface area contributed by atoms with Gasteiger partial charge in [0.1, 0.15) is 0 Å². The molecule has 26 heavy (non-hydrogen) atoms. The molecule has 0 aliphatic rings. The van der Waals surface area contributed by atoms with Gasteiger partial charge in [-0.15, -0.1) is 0 Å². The SMILES string of the molecule is CC(CCc1ccccc1)NC(=O)NCCCS(=O)(=O)c1ccccc1. The Morgan fingerprint density at radius 2 is 1.62 bits per heavy atom. The number of hydrogen-bond donors (Lipinski definition) is 2. The van der Waals surface area contributed by atoms with Gasteiger partial charge in [-0.2, -0.15) is 0 Å². The van der Waals surface area contributed by atoms with Crippen LogP contribution in [0.3, 0.4) is 0 Å². The first-order chi connectivity index (χ1) is 12.5. The van der Waals surface area contributed by atoms with Crippen molar-refractivity contribution in [3.8, 4) is 0 Å². The lowest BCUT2D eigenvalue weighted by Gasteiger charge is -2.14. The van der Waals surface area contributed by atoms with Crippen molar-refractivity contribution < 1.29 is 13.2 Å². The van der Waals surface area contributed by atoms with Crippen LogP contribution in [0.15, 0.2) is 65.6 Å². The van der Waals surface area contributed by atoms with E-state index < -0.39 is 9.84 Å². The van der Waals surface area contributed by atoms with Crippen molar-refractivity contribution in [3.05, 3.63) is 66.2 Å². The van der Waals surface area contributed by atoms with E-state index in [2.05, 4.69) is 22.8 Å². The number of hydrogen-bond acceptors (Lipinski definition) is 3. The van der Waals surface area contributed by atoms with Crippen molar-refractivity contribution >= 4 is 15.9 Å². The van der Waals surface area contributed by atoms with E-state index in [1.54, 1.807) is 30.3 Å². The average molecular weight is 375 g/mol. The standard InChI is InChI=1S/C20H26N2O3S/c1-17(13-14-18-9-4-2-5-10-18)22-20(23)21-15-8-16-26(24,25)19-11-6-3-7-12-19/h2-7,9-12,17H,8,13-16H2,1H3,(H2,21,22,23). The highest BCUT2D eigenvalue weighted by Crippen LogP contribution is 2.10. The summed E-state index contributed by atoms with van der Waals surface area (Å²) in [6.07, 6.45) is 2.13. The highest BCUT2D eigenvalue weighted by atomic mass is 32.2. The Balaban J connectivity index is 1.64. The molecule has 0 fully saturated rings. The summed E-state index contributed by atoms with van der Waals surface area (Å²) < 4.78 is 24.3. The van der Waals surface area contributed by atoms with Crippen LogP contribution in [0.1, 0.15) is 25.3 Å². The van der Waals surface area contributed by atoms with Crippen LogP contribution in [0, 0.1) is 0 Å². The summed E-state index contributed by atoms with van der Waals surface area (Å²) in [5.41, 5.74) is 1.24. The lowest BCUT2D eigenvalue weighted by atomic mass is 10.1. The first kappa shape index (κ1) is 20.0. The topological polar surface area (TPSA) is 75.3 Å². The predicted octanol–water partition coefficient (Wildman–Crippen LogP) is 3.17. The fourth-order valence-electron chi connectivity index (χ4n) is 2.58. The first-order valence-electron chi connectivity index (χ1n) is 8.83. The van der Waals surface area contributed by atoms with Gasteiger partial charge in [-0.1, -0.05) is 48.5 Å². The van der Waals surface area contributed by atoms with Gasteiger partial charge in [0.2, 0.25) is 0 Å². The zero-order valence-electron chi connectivity index (χ0n) is 15.0. The normalized spacial score (nSPS) is 12.3. The van der Waals surface area contributed by atoms with Crippen molar-refractivity contribution in [1.82, 2.24) is 10.6 Å². The van der Waals surface area contributed by atoms with Crippen LogP contribution in [0.5, 0.6) is 0 Å². The lowest BCUT2D eigenvalue weighted by molar-refractivity contribution is 0.237. The lowest BCUT2D eigenvalue weighted by Crippen LogP contribution is -2.41. The molecule has 140 valence electrons. The summed E-state index contributed by atoms with van der Waals surface area (Å²) in [5.74, 6) is 0.0147. The minimum Gasteiger partial charge on any atom is -0.338 e. The van der Waals surface area contributed by atoms with Crippen LogP contribution in [-0.2, 0) is 16.3 Å². The predicted molar refractivity (Wildman–Crippen MR) is 104 cm³/mol. The molecule has 2 N–H and O–H groups in total. The summed E-state index contributed by atoms with van der Waals surface area (Å²) in [4.78, 5) is 12.2. The van der Waals surface area contributed by atoms with Gasteiger partial charge in [0.25, 0.3) is 0 Å². The summed E-state index contributed by atoms with van der Waals surface area (Å²) in [5, 5.41) is 5.60. The van der Waals surface area contributed by atoms with E-state index in [1.165, 1.54) is 5.56 Å². The smallest absolute Gasteiger partial charge is 0.314 e. The minimum absolute atomic E-state index is 0.0147. The number of benzene rings is 2. The molecule has 0 saturated heterocycles. The zero-order chi connectivity index (χ0) is 18.8. The molecular weight excluding hydrogens is 348 g/mol. The van der Waals surface area contributed by atoms with Gasteiger partial charge in [0.15, 0.2) is 9.84 Å². The van der Waals surface area contributed by atoms with Crippen LogP contribution in [0.2, 0.25) is 0 Å². The van der Waals surface area contributed by atoms with Crippen LogP contribution >= 0.6 is 0 Å². The zero-order valence-corrected chi connectivity index (χ0v) is 15.8. The van der Waals surface area contributed by atoms with E-state index in [-0.39, 0.29) is 17.8 Å². The molecule has 1 unspecified atom stereocenters. The quantitative estimate of drug-likeness (QED) is 0.662. The molecule has 0 heterocycles. The highest BCUT2D eigenvalue weighted by molar-refractivity contribution is 7.91. The van der Waals surface area contributed by atoms with Gasteiger partial charge in [0, 0.05) is 12.6 Å². The van der Waals surface area contributed by atoms with Gasteiger partial charge in [0.05, 0.1) is 10.6 Å². The molecule has 2 aromatic carbocycles. The number of carbonyl (C=O) groups excluding carboxylic acids is 1. The van der Waals surface area contributed by atoms with E-state index in [0.29, 0.717) is 17.9 Å².